The summed E-state index contributed by atoms with van der Waals surface area (Å²) < 4.78 is 4.83. The third-order valence-electron chi connectivity index (χ3n) is 4.12. The fraction of sp³-hybridized carbons (Fsp3) is 0.312. The number of carbonyl (C=O) groups is 5. The minimum atomic E-state index is -1.53. The maximum absolute atomic E-state index is 12.5. The molecule has 2 aliphatic heterocycles. The number of carboxylic acids is 1. The molecule has 2 heterocycles. The Labute approximate surface area is 151 Å². The molecule has 0 aromatic heterocycles. The summed E-state index contributed by atoms with van der Waals surface area (Å²) in [6, 6.07) is 5.74. The molecule has 1 aromatic carbocycles. The first kappa shape index (κ1) is 17.9. The van der Waals surface area contributed by atoms with Gasteiger partial charge in [0.25, 0.3) is 12.4 Å². The summed E-state index contributed by atoms with van der Waals surface area (Å²) in [7, 11) is 0. The van der Waals surface area contributed by atoms with Gasteiger partial charge < -0.3 is 20.1 Å². The number of ketones is 1. The van der Waals surface area contributed by atoms with Gasteiger partial charge >= 0.3 is 5.97 Å². The van der Waals surface area contributed by atoms with E-state index in [2.05, 4.69) is 5.32 Å². The molecule has 2 saturated heterocycles. The first-order valence-corrected chi connectivity index (χ1v) is 8.64. The normalized spacial score (nSPS) is 25.5. The van der Waals surface area contributed by atoms with Crippen LogP contribution in [0.25, 0.3) is 0 Å². The number of rotatable bonds is 6. The molecule has 136 valence electrons. The van der Waals surface area contributed by atoms with Gasteiger partial charge in [0.05, 0.1) is 5.75 Å². The highest BCUT2D eigenvalue weighted by Gasteiger charge is 2.58. The molecule has 26 heavy (non-hydrogen) atoms. The lowest BCUT2D eigenvalue weighted by atomic mass is 9.99. The quantitative estimate of drug-likeness (QED) is 0.378. The minimum Gasteiger partial charge on any atom is -0.479 e. The van der Waals surface area contributed by atoms with Crippen LogP contribution in [-0.2, 0) is 28.7 Å². The number of hydrogen-bond acceptors (Lipinski definition) is 7. The van der Waals surface area contributed by atoms with Crippen molar-refractivity contribution in [3.05, 3.63) is 35.9 Å². The van der Waals surface area contributed by atoms with Crippen LogP contribution in [0.2, 0.25) is 0 Å². The first-order chi connectivity index (χ1) is 12.5. The average Bonchev–Trinajstić information content (AvgIpc) is 2.64. The van der Waals surface area contributed by atoms with E-state index in [0.717, 1.165) is 16.7 Å². The third-order valence-corrected chi connectivity index (χ3v) is 5.42. The number of thioether (sulfide) groups is 1. The van der Waals surface area contributed by atoms with Crippen molar-refractivity contribution >= 4 is 41.8 Å². The summed E-state index contributed by atoms with van der Waals surface area (Å²) in [6.07, 6.45) is -1.24. The molecule has 9 nitrogen and oxygen atoms in total. The number of carboxylic acid groups (broad SMARTS) is 1. The molecule has 2 aliphatic rings. The number of β-lactam (4-membered cyclic amide) rings is 1. The Kier molecular flexibility index (Phi) is 4.94. The maximum Gasteiger partial charge on any atom is 0.334 e. The van der Waals surface area contributed by atoms with Gasteiger partial charge in [0, 0.05) is 5.56 Å². The molecule has 0 aliphatic carbocycles. The van der Waals surface area contributed by atoms with Gasteiger partial charge in [-0.15, -0.1) is 11.8 Å². The predicted octanol–water partition coefficient (Wildman–Crippen LogP) is -0.677. The number of aliphatic carboxylic acids is 1. The first-order valence-electron chi connectivity index (χ1n) is 7.59. The fourth-order valence-corrected chi connectivity index (χ4v) is 4.19. The Morgan fingerprint density at radius 1 is 1.31 bits per heavy atom. The number of benzene rings is 1. The topological polar surface area (TPSA) is 130 Å². The lowest BCUT2D eigenvalue weighted by Crippen LogP contribution is -2.76. The molecule has 4 atom stereocenters. The van der Waals surface area contributed by atoms with Crippen LogP contribution in [0, 0.1) is 0 Å². The van der Waals surface area contributed by atoms with E-state index in [1.54, 1.807) is 30.3 Å². The molecule has 0 saturated carbocycles. The highest BCUT2D eigenvalue weighted by Crippen LogP contribution is 2.37. The van der Waals surface area contributed by atoms with E-state index in [0.29, 0.717) is 5.56 Å². The van der Waals surface area contributed by atoms with Crippen LogP contribution in [-0.4, -0.2) is 63.3 Å². The SMILES string of the molecule is O=COC(C(=O)NC1C(=O)N2C(C(=O)O)C(=O)CS[C@@H]12)c1ccccc1. The lowest BCUT2D eigenvalue weighted by Gasteiger charge is -2.51. The van der Waals surface area contributed by atoms with Gasteiger partial charge in [-0.3, -0.25) is 19.2 Å². The molecule has 2 fully saturated rings. The molecule has 3 rings (SSSR count). The van der Waals surface area contributed by atoms with E-state index >= 15 is 0 Å². The highest BCUT2D eigenvalue weighted by molar-refractivity contribution is 8.00. The van der Waals surface area contributed by atoms with Crippen LogP contribution in [0.15, 0.2) is 30.3 Å². The largest absolute Gasteiger partial charge is 0.479 e. The van der Waals surface area contributed by atoms with E-state index < -0.39 is 47.1 Å². The van der Waals surface area contributed by atoms with Crippen molar-refractivity contribution in [3.63, 3.8) is 0 Å². The molecular formula is C16H14N2O7S. The van der Waals surface area contributed by atoms with Crippen LogP contribution in [0.5, 0.6) is 0 Å². The second kappa shape index (κ2) is 7.16. The van der Waals surface area contributed by atoms with Crippen molar-refractivity contribution in [2.24, 2.45) is 0 Å². The number of Topliss-reactive ketones (excluding diaryl/α,β-unsaturated/α-hetero) is 1. The Hall–Kier alpha value is -2.88. The van der Waals surface area contributed by atoms with Crippen molar-refractivity contribution in [1.82, 2.24) is 10.2 Å². The molecule has 0 bridgehead atoms. The van der Waals surface area contributed by atoms with E-state index in [1.165, 1.54) is 0 Å². The summed E-state index contributed by atoms with van der Waals surface area (Å²) in [6.45, 7) is 0.140. The molecule has 0 radical (unpaired) electrons. The summed E-state index contributed by atoms with van der Waals surface area (Å²) in [5, 5.41) is 11.0. The maximum atomic E-state index is 12.5. The smallest absolute Gasteiger partial charge is 0.334 e. The Balaban J connectivity index is 1.74. The average molecular weight is 378 g/mol. The van der Waals surface area contributed by atoms with E-state index in [4.69, 9.17) is 9.84 Å². The highest BCUT2D eigenvalue weighted by atomic mass is 32.2. The second-order valence-corrected chi connectivity index (χ2v) is 6.77. The van der Waals surface area contributed by atoms with Crippen LogP contribution >= 0.6 is 11.8 Å². The number of carbonyl (C=O) groups excluding carboxylic acids is 4. The predicted molar refractivity (Wildman–Crippen MR) is 87.8 cm³/mol. The molecule has 0 spiro atoms. The minimum absolute atomic E-state index is 0.0647. The standard InChI is InChI=1S/C16H14N2O7S/c19-7-25-12(8-4-2-1-3-5-8)13(21)17-10-14(22)18-11(16(23)24)9(20)6-26-15(10)18/h1-5,7,10-12,15H,6H2,(H,17,21)(H,23,24)/t10?,11?,12?,15-/m0/s1. The van der Waals surface area contributed by atoms with Gasteiger partial charge in [-0.25, -0.2) is 4.79 Å². The van der Waals surface area contributed by atoms with Gasteiger partial charge in [0.2, 0.25) is 12.0 Å². The molecular weight excluding hydrogens is 364 g/mol. The lowest BCUT2D eigenvalue weighted by molar-refractivity contribution is -0.166. The van der Waals surface area contributed by atoms with E-state index in [9.17, 15) is 24.0 Å². The van der Waals surface area contributed by atoms with Crippen molar-refractivity contribution < 1.29 is 33.8 Å². The van der Waals surface area contributed by atoms with Crippen molar-refractivity contribution in [3.8, 4) is 0 Å². The summed E-state index contributed by atoms with van der Waals surface area (Å²) in [5.41, 5.74) is 0.426. The van der Waals surface area contributed by atoms with Gasteiger partial charge in [0.1, 0.15) is 11.4 Å². The van der Waals surface area contributed by atoms with E-state index in [-0.39, 0.29) is 12.2 Å². The third kappa shape index (κ3) is 3.03. The molecule has 1 aromatic rings. The Morgan fingerprint density at radius 2 is 2.00 bits per heavy atom. The van der Waals surface area contributed by atoms with Crippen molar-refractivity contribution in [2.75, 3.05) is 5.75 Å². The van der Waals surface area contributed by atoms with Crippen LogP contribution in [0.4, 0.5) is 0 Å². The number of fused-ring (bicyclic) bond motifs is 1. The van der Waals surface area contributed by atoms with Crippen molar-refractivity contribution in [1.29, 1.82) is 0 Å². The zero-order chi connectivity index (χ0) is 18.8. The summed E-state index contributed by atoms with van der Waals surface area (Å²) >= 11 is 1.08. The molecule has 3 unspecified atom stereocenters. The van der Waals surface area contributed by atoms with E-state index in [1.807, 2.05) is 0 Å². The molecule has 2 N–H and O–H groups in total. The Morgan fingerprint density at radius 3 is 2.62 bits per heavy atom. The van der Waals surface area contributed by atoms with Crippen LogP contribution in [0.3, 0.4) is 0 Å². The second-order valence-electron chi connectivity index (χ2n) is 5.66. The number of amides is 2. The molecule has 10 heteroatoms. The number of nitrogens with one attached hydrogen (secondary N) is 1. The van der Waals surface area contributed by atoms with Gasteiger partial charge in [-0.1, -0.05) is 30.3 Å². The number of hydrogen-bond donors (Lipinski definition) is 2. The number of nitrogens with zero attached hydrogens (tertiary/aromatic N) is 1. The van der Waals surface area contributed by atoms with Crippen molar-refractivity contribution in [2.45, 2.75) is 23.6 Å². The number of ether oxygens (including phenoxy) is 1. The van der Waals surface area contributed by atoms with Crippen LogP contribution in [0.1, 0.15) is 11.7 Å². The Bertz CT molecular complexity index is 769. The van der Waals surface area contributed by atoms with Crippen LogP contribution < -0.4 is 5.32 Å². The zero-order valence-electron chi connectivity index (χ0n) is 13.2. The van der Waals surface area contributed by atoms with Gasteiger partial charge in [-0.2, -0.15) is 0 Å². The zero-order valence-corrected chi connectivity index (χ0v) is 14.0. The fourth-order valence-electron chi connectivity index (χ4n) is 2.93. The van der Waals surface area contributed by atoms with Gasteiger partial charge in [-0.05, 0) is 0 Å². The summed E-state index contributed by atoms with van der Waals surface area (Å²) in [5.74, 6) is -3.39. The summed E-state index contributed by atoms with van der Waals surface area (Å²) in [4.78, 5) is 59.4. The monoisotopic (exact) mass is 378 g/mol. The van der Waals surface area contributed by atoms with Gasteiger partial charge in [0.15, 0.2) is 11.8 Å². The molecule has 2 amide bonds.